The fraction of sp³-hybridized carbons (Fsp3) is 0.500. The van der Waals surface area contributed by atoms with Gasteiger partial charge in [-0.05, 0) is 6.08 Å². The molecule has 0 aliphatic carbocycles. The molecule has 0 saturated heterocycles. The predicted octanol–water partition coefficient (Wildman–Crippen LogP) is 0.309. The molecule has 7 heavy (non-hydrogen) atoms. The number of hydroxylamine groups is 2. The third-order valence-corrected chi connectivity index (χ3v) is 0.650. The van der Waals surface area contributed by atoms with Gasteiger partial charge in [0.2, 0.25) is 0 Å². The van der Waals surface area contributed by atoms with Crippen LogP contribution in [0.5, 0.6) is 0 Å². The Bertz CT molecular complexity index is 81.8. The molecule has 1 aliphatic rings. The van der Waals surface area contributed by atoms with Crippen LogP contribution in [-0.2, 0) is 9.88 Å². The van der Waals surface area contributed by atoms with Crippen molar-refractivity contribution in [2.45, 2.75) is 0 Å². The summed E-state index contributed by atoms with van der Waals surface area (Å²) in [7, 11) is 1.76. The summed E-state index contributed by atoms with van der Waals surface area (Å²) in [6, 6.07) is 0. The van der Waals surface area contributed by atoms with E-state index >= 15 is 0 Å². The first-order valence-corrected chi connectivity index (χ1v) is 2.08. The fourth-order valence-electron chi connectivity index (χ4n) is 0.369. The first-order chi connectivity index (χ1) is 3.39. The van der Waals surface area contributed by atoms with Gasteiger partial charge in [-0.25, -0.2) is 9.95 Å². The Hall–Kier alpha value is -0.540. The minimum absolute atomic E-state index is 0.546. The number of hydrogen-bond acceptors (Lipinski definition) is 3. The molecule has 0 spiro atoms. The van der Waals surface area contributed by atoms with E-state index in [0.29, 0.717) is 6.61 Å². The Morgan fingerprint density at radius 2 is 2.57 bits per heavy atom. The summed E-state index contributed by atoms with van der Waals surface area (Å²) in [5, 5.41) is 1.49. The molecule has 0 amide bonds. The zero-order valence-corrected chi connectivity index (χ0v) is 4.13. The van der Waals surface area contributed by atoms with Crippen LogP contribution in [0.3, 0.4) is 0 Å². The van der Waals surface area contributed by atoms with Crippen LogP contribution in [0.25, 0.3) is 0 Å². The molecule has 3 nitrogen and oxygen atoms in total. The van der Waals surface area contributed by atoms with Gasteiger partial charge in [-0.3, -0.25) is 0 Å². The van der Waals surface area contributed by atoms with Crippen molar-refractivity contribution in [1.29, 1.82) is 0 Å². The predicted molar refractivity (Wildman–Crippen MR) is 23.9 cm³/mol. The SMILES string of the molecule is CN1C=CCOO1. The maximum atomic E-state index is 4.52. The van der Waals surface area contributed by atoms with Crippen LogP contribution in [0.15, 0.2) is 12.3 Å². The maximum absolute atomic E-state index is 4.52. The van der Waals surface area contributed by atoms with Gasteiger partial charge in [0.25, 0.3) is 0 Å². The minimum Gasteiger partial charge on any atom is -0.233 e. The van der Waals surface area contributed by atoms with Crippen molar-refractivity contribution in [3.63, 3.8) is 0 Å². The van der Waals surface area contributed by atoms with Gasteiger partial charge < -0.3 is 0 Å². The third-order valence-electron chi connectivity index (χ3n) is 0.650. The van der Waals surface area contributed by atoms with E-state index in [9.17, 15) is 0 Å². The fourth-order valence-corrected chi connectivity index (χ4v) is 0.369. The van der Waals surface area contributed by atoms with Crippen LogP contribution in [0.4, 0.5) is 0 Å². The van der Waals surface area contributed by atoms with Gasteiger partial charge in [-0.2, -0.15) is 0 Å². The van der Waals surface area contributed by atoms with Gasteiger partial charge in [0.15, 0.2) is 0 Å². The summed E-state index contributed by atoms with van der Waals surface area (Å²) in [5.74, 6) is 0. The molecule has 1 rings (SSSR count). The second-order valence-electron chi connectivity index (χ2n) is 1.29. The smallest absolute Gasteiger partial charge is 0.105 e. The van der Waals surface area contributed by atoms with Gasteiger partial charge in [-0.15, -0.1) is 4.99 Å². The molecule has 1 heterocycles. The van der Waals surface area contributed by atoms with E-state index in [-0.39, 0.29) is 0 Å². The second-order valence-corrected chi connectivity index (χ2v) is 1.29. The number of hydrogen-bond donors (Lipinski definition) is 0. The highest BCUT2D eigenvalue weighted by molar-refractivity contribution is 4.77. The first kappa shape index (κ1) is 4.61. The molecule has 0 bridgehead atoms. The normalized spacial score (nSPS) is 20.4. The Morgan fingerprint density at radius 3 is 2.86 bits per heavy atom. The molecular formula is C4H7NO2. The third kappa shape index (κ3) is 1.17. The lowest BCUT2D eigenvalue weighted by molar-refractivity contribution is -0.405. The Balaban J connectivity index is 2.36. The van der Waals surface area contributed by atoms with Gasteiger partial charge in [0, 0.05) is 13.2 Å². The highest BCUT2D eigenvalue weighted by atomic mass is 17.3. The molecule has 0 aromatic rings. The molecule has 0 radical (unpaired) electrons. The lowest BCUT2D eigenvalue weighted by Gasteiger charge is -2.14. The largest absolute Gasteiger partial charge is 0.233 e. The lowest BCUT2D eigenvalue weighted by Crippen LogP contribution is -2.16. The molecule has 0 N–H and O–H groups in total. The monoisotopic (exact) mass is 101 g/mol. The van der Waals surface area contributed by atoms with E-state index in [1.165, 1.54) is 5.06 Å². The minimum atomic E-state index is 0.546. The summed E-state index contributed by atoms with van der Waals surface area (Å²) >= 11 is 0. The highest BCUT2D eigenvalue weighted by Gasteiger charge is 1.94. The topological polar surface area (TPSA) is 21.7 Å². The summed E-state index contributed by atoms with van der Waals surface area (Å²) < 4.78 is 0. The molecule has 0 saturated carbocycles. The summed E-state index contributed by atoms with van der Waals surface area (Å²) in [5.41, 5.74) is 0. The molecule has 0 fully saturated rings. The van der Waals surface area contributed by atoms with Crippen molar-refractivity contribution in [1.82, 2.24) is 5.06 Å². The second kappa shape index (κ2) is 1.95. The molecule has 3 heteroatoms. The average molecular weight is 101 g/mol. The quantitative estimate of drug-likeness (QED) is 0.410. The van der Waals surface area contributed by atoms with E-state index in [4.69, 9.17) is 0 Å². The zero-order valence-electron chi connectivity index (χ0n) is 4.13. The molecule has 0 aromatic heterocycles. The molecule has 0 unspecified atom stereocenters. The number of rotatable bonds is 0. The van der Waals surface area contributed by atoms with Gasteiger partial charge in [-0.1, -0.05) is 0 Å². The Morgan fingerprint density at radius 1 is 1.71 bits per heavy atom. The first-order valence-electron chi connectivity index (χ1n) is 2.08. The van der Waals surface area contributed by atoms with Crippen molar-refractivity contribution >= 4 is 0 Å². The maximum Gasteiger partial charge on any atom is 0.105 e. The van der Waals surface area contributed by atoms with Crippen molar-refractivity contribution in [3.05, 3.63) is 12.3 Å². The summed E-state index contributed by atoms with van der Waals surface area (Å²) in [4.78, 5) is 9.05. The van der Waals surface area contributed by atoms with Crippen LogP contribution >= 0.6 is 0 Å². The van der Waals surface area contributed by atoms with Crippen molar-refractivity contribution in [2.24, 2.45) is 0 Å². The molecule has 1 aliphatic heterocycles. The Labute approximate surface area is 42.0 Å². The van der Waals surface area contributed by atoms with Crippen LogP contribution in [0.1, 0.15) is 0 Å². The highest BCUT2D eigenvalue weighted by Crippen LogP contribution is 1.94. The van der Waals surface area contributed by atoms with Crippen molar-refractivity contribution in [3.8, 4) is 0 Å². The van der Waals surface area contributed by atoms with E-state index in [0.717, 1.165) is 0 Å². The molecular weight excluding hydrogens is 94.0 g/mol. The molecule has 40 valence electrons. The average Bonchev–Trinajstić information content (AvgIpc) is 1.69. The van der Waals surface area contributed by atoms with Crippen LogP contribution in [0, 0.1) is 0 Å². The van der Waals surface area contributed by atoms with E-state index in [1.807, 2.05) is 6.08 Å². The lowest BCUT2D eigenvalue weighted by atomic mass is 10.6. The summed E-state index contributed by atoms with van der Waals surface area (Å²) in [6.07, 6.45) is 3.66. The van der Waals surface area contributed by atoms with E-state index in [2.05, 4.69) is 9.88 Å². The summed E-state index contributed by atoms with van der Waals surface area (Å²) in [6.45, 7) is 0.546. The van der Waals surface area contributed by atoms with Crippen molar-refractivity contribution < 1.29 is 9.88 Å². The van der Waals surface area contributed by atoms with Gasteiger partial charge in [0.05, 0.1) is 0 Å². The Kier molecular flexibility index (Phi) is 1.29. The molecule has 0 aromatic carbocycles. The zero-order chi connectivity index (χ0) is 5.11. The van der Waals surface area contributed by atoms with Gasteiger partial charge >= 0.3 is 0 Å². The van der Waals surface area contributed by atoms with Crippen LogP contribution < -0.4 is 0 Å². The van der Waals surface area contributed by atoms with E-state index in [1.54, 1.807) is 13.2 Å². The van der Waals surface area contributed by atoms with Gasteiger partial charge in [0.1, 0.15) is 6.61 Å². The standard InChI is InChI=1S/C4H7NO2/c1-5-3-2-4-6-7-5/h2-3H,4H2,1H3. The van der Waals surface area contributed by atoms with Crippen LogP contribution in [-0.4, -0.2) is 18.7 Å². The number of nitrogens with zero attached hydrogens (tertiary/aromatic N) is 1. The van der Waals surface area contributed by atoms with E-state index < -0.39 is 0 Å². The molecule has 0 atom stereocenters. The van der Waals surface area contributed by atoms with Crippen LogP contribution in [0.2, 0.25) is 0 Å². The van der Waals surface area contributed by atoms with Crippen molar-refractivity contribution in [2.75, 3.05) is 13.7 Å².